The van der Waals surface area contributed by atoms with Gasteiger partial charge in [-0.3, -0.25) is 4.79 Å². The van der Waals surface area contributed by atoms with Crippen molar-refractivity contribution in [1.82, 2.24) is 10.2 Å². The SMILES string of the molecule is COC1CCCCC1NC(C)C(=O)N1CCCCC1. The van der Waals surface area contributed by atoms with E-state index in [9.17, 15) is 4.79 Å². The number of carbonyl (C=O) groups excluding carboxylic acids is 1. The first-order chi connectivity index (χ1) is 9.22. The fourth-order valence-corrected chi connectivity index (χ4v) is 3.35. The van der Waals surface area contributed by atoms with Crippen LogP contribution in [-0.4, -0.2) is 49.2 Å². The number of likely N-dealkylation sites (tertiary alicyclic amines) is 1. The summed E-state index contributed by atoms with van der Waals surface area (Å²) < 4.78 is 5.54. The Hall–Kier alpha value is -0.610. The van der Waals surface area contributed by atoms with Gasteiger partial charge in [0.05, 0.1) is 12.1 Å². The third-order valence-electron chi connectivity index (χ3n) is 4.51. The van der Waals surface area contributed by atoms with Gasteiger partial charge in [0.2, 0.25) is 5.91 Å². The average Bonchev–Trinajstić information content (AvgIpc) is 2.48. The molecule has 0 bridgehead atoms. The van der Waals surface area contributed by atoms with Crippen molar-refractivity contribution < 1.29 is 9.53 Å². The number of carbonyl (C=O) groups is 1. The number of hydrogen-bond acceptors (Lipinski definition) is 3. The van der Waals surface area contributed by atoms with Crippen LogP contribution in [0.15, 0.2) is 0 Å². The van der Waals surface area contributed by atoms with Crippen LogP contribution in [0.3, 0.4) is 0 Å². The molecule has 3 atom stereocenters. The minimum absolute atomic E-state index is 0.0844. The molecule has 1 N–H and O–H groups in total. The van der Waals surface area contributed by atoms with E-state index in [1.807, 2.05) is 11.8 Å². The second-order valence-corrected chi connectivity index (χ2v) is 5.94. The van der Waals surface area contributed by atoms with Gasteiger partial charge in [0.1, 0.15) is 0 Å². The Labute approximate surface area is 116 Å². The molecule has 3 unspecified atom stereocenters. The zero-order valence-corrected chi connectivity index (χ0v) is 12.4. The van der Waals surface area contributed by atoms with Crippen molar-refractivity contribution in [2.24, 2.45) is 0 Å². The van der Waals surface area contributed by atoms with Crippen molar-refractivity contribution >= 4 is 5.91 Å². The molecule has 2 aliphatic rings. The highest BCUT2D eigenvalue weighted by Gasteiger charge is 2.29. The van der Waals surface area contributed by atoms with E-state index in [0.717, 1.165) is 38.8 Å². The average molecular weight is 268 g/mol. The van der Waals surface area contributed by atoms with Crippen LogP contribution < -0.4 is 5.32 Å². The normalized spacial score (nSPS) is 30.1. The van der Waals surface area contributed by atoms with Gasteiger partial charge in [0.25, 0.3) is 0 Å². The number of nitrogens with one attached hydrogen (secondary N) is 1. The molecule has 0 aromatic rings. The molecule has 0 aromatic carbocycles. The number of amides is 1. The molecular formula is C15H28N2O2. The van der Waals surface area contributed by atoms with Crippen LogP contribution in [0.1, 0.15) is 51.9 Å². The number of nitrogens with zero attached hydrogens (tertiary/aromatic N) is 1. The highest BCUT2D eigenvalue weighted by Crippen LogP contribution is 2.21. The number of rotatable bonds is 4. The van der Waals surface area contributed by atoms with Gasteiger partial charge in [-0.25, -0.2) is 0 Å². The molecule has 1 saturated heterocycles. The van der Waals surface area contributed by atoms with Gasteiger partial charge in [0.15, 0.2) is 0 Å². The predicted octanol–water partition coefficient (Wildman–Crippen LogP) is 1.93. The van der Waals surface area contributed by atoms with Crippen molar-refractivity contribution in [3.63, 3.8) is 0 Å². The summed E-state index contributed by atoms with van der Waals surface area (Å²) in [5, 5.41) is 3.50. The number of ether oxygens (including phenoxy) is 1. The van der Waals surface area contributed by atoms with Gasteiger partial charge in [-0.2, -0.15) is 0 Å². The molecule has 2 fully saturated rings. The Morgan fingerprint density at radius 2 is 1.84 bits per heavy atom. The van der Waals surface area contributed by atoms with Crippen LogP contribution in [0.2, 0.25) is 0 Å². The molecule has 1 saturated carbocycles. The molecule has 1 amide bonds. The maximum atomic E-state index is 12.4. The Balaban J connectivity index is 1.84. The number of methoxy groups -OCH3 is 1. The quantitative estimate of drug-likeness (QED) is 0.847. The molecular weight excluding hydrogens is 240 g/mol. The number of hydrogen-bond donors (Lipinski definition) is 1. The van der Waals surface area contributed by atoms with Crippen LogP contribution in [0.5, 0.6) is 0 Å². The first-order valence-corrected chi connectivity index (χ1v) is 7.80. The summed E-state index contributed by atoms with van der Waals surface area (Å²) in [5.74, 6) is 0.264. The third-order valence-corrected chi connectivity index (χ3v) is 4.51. The Morgan fingerprint density at radius 1 is 1.16 bits per heavy atom. The van der Waals surface area contributed by atoms with Crippen LogP contribution >= 0.6 is 0 Å². The van der Waals surface area contributed by atoms with Gasteiger partial charge in [-0.1, -0.05) is 12.8 Å². The lowest BCUT2D eigenvalue weighted by Gasteiger charge is -2.35. The van der Waals surface area contributed by atoms with Crippen molar-refractivity contribution in [3.8, 4) is 0 Å². The summed E-state index contributed by atoms with van der Waals surface area (Å²) in [4.78, 5) is 14.4. The first kappa shape index (κ1) is 14.8. The Morgan fingerprint density at radius 3 is 2.53 bits per heavy atom. The van der Waals surface area contributed by atoms with E-state index in [1.54, 1.807) is 7.11 Å². The monoisotopic (exact) mass is 268 g/mol. The summed E-state index contributed by atoms with van der Waals surface area (Å²) >= 11 is 0. The van der Waals surface area contributed by atoms with Crippen LogP contribution in [-0.2, 0) is 9.53 Å². The van der Waals surface area contributed by atoms with E-state index in [4.69, 9.17) is 4.74 Å². The Bertz CT molecular complexity index is 290. The molecule has 110 valence electrons. The minimum Gasteiger partial charge on any atom is -0.380 e. The molecule has 1 aliphatic carbocycles. The summed E-state index contributed by atoms with van der Waals surface area (Å²) in [6.45, 7) is 3.87. The smallest absolute Gasteiger partial charge is 0.239 e. The summed E-state index contributed by atoms with van der Waals surface area (Å²) in [6.07, 6.45) is 8.55. The van der Waals surface area contributed by atoms with Gasteiger partial charge in [-0.05, 0) is 39.0 Å². The molecule has 4 heteroatoms. The summed E-state index contributed by atoms with van der Waals surface area (Å²) in [6, 6.07) is 0.251. The highest BCUT2D eigenvalue weighted by molar-refractivity contribution is 5.81. The Kier molecular flexibility index (Phi) is 5.64. The molecule has 1 aliphatic heterocycles. The molecule has 0 spiro atoms. The lowest BCUT2D eigenvalue weighted by Crippen LogP contribution is -2.53. The fourth-order valence-electron chi connectivity index (χ4n) is 3.35. The van der Waals surface area contributed by atoms with E-state index < -0.39 is 0 Å². The minimum atomic E-state index is -0.0844. The molecule has 19 heavy (non-hydrogen) atoms. The van der Waals surface area contributed by atoms with E-state index in [2.05, 4.69) is 5.32 Å². The van der Waals surface area contributed by atoms with Crippen LogP contribution in [0.25, 0.3) is 0 Å². The summed E-state index contributed by atoms with van der Waals surface area (Å²) in [5.41, 5.74) is 0. The van der Waals surface area contributed by atoms with Gasteiger partial charge >= 0.3 is 0 Å². The first-order valence-electron chi connectivity index (χ1n) is 7.80. The van der Waals surface area contributed by atoms with E-state index >= 15 is 0 Å². The summed E-state index contributed by atoms with van der Waals surface area (Å²) in [7, 11) is 1.78. The number of piperidine rings is 1. The van der Waals surface area contributed by atoms with Crippen LogP contribution in [0.4, 0.5) is 0 Å². The standard InChI is InChI=1S/C15H28N2O2/c1-12(15(18)17-10-6-3-7-11-17)16-13-8-4-5-9-14(13)19-2/h12-14,16H,3-11H2,1-2H3. The molecule has 2 rings (SSSR count). The van der Waals surface area contributed by atoms with Gasteiger partial charge in [-0.15, -0.1) is 0 Å². The maximum absolute atomic E-state index is 12.4. The second-order valence-electron chi connectivity index (χ2n) is 5.94. The van der Waals surface area contributed by atoms with E-state index in [-0.39, 0.29) is 18.1 Å². The topological polar surface area (TPSA) is 41.6 Å². The molecule has 4 nitrogen and oxygen atoms in total. The lowest BCUT2D eigenvalue weighted by molar-refractivity contribution is -0.134. The molecule has 0 aromatic heterocycles. The largest absolute Gasteiger partial charge is 0.380 e. The van der Waals surface area contributed by atoms with Crippen LogP contribution in [0, 0.1) is 0 Å². The van der Waals surface area contributed by atoms with Crippen molar-refractivity contribution in [1.29, 1.82) is 0 Å². The maximum Gasteiger partial charge on any atom is 0.239 e. The lowest BCUT2D eigenvalue weighted by atomic mass is 9.92. The fraction of sp³-hybridized carbons (Fsp3) is 0.933. The zero-order valence-electron chi connectivity index (χ0n) is 12.4. The predicted molar refractivity (Wildman–Crippen MR) is 76.1 cm³/mol. The molecule has 0 radical (unpaired) electrons. The van der Waals surface area contributed by atoms with Crippen molar-refractivity contribution in [3.05, 3.63) is 0 Å². The van der Waals surface area contributed by atoms with Crippen molar-refractivity contribution in [2.45, 2.75) is 70.1 Å². The molecule has 1 heterocycles. The zero-order chi connectivity index (χ0) is 13.7. The van der Waals surface area contributed by atoms with E-state index in [1.165, 1.54) is 19.3 Å². The van der Waals surface area contributed by atoms with Crippen molar-refractivity contribution in [2.75, 3.05) is 20.2 Å². The van der Waals surface area contributed by atoms with E-state index in [0.29, 0.717) is 6.04 Å². The van der Waals surface area contributed by atoms with Gasteiger partial charge < -0.3 is 15.0 Å². The van der Waals surface area contributed by atoms with Gasteiger partial charge in [0, 0.05) is 26.2 Å². The second kappa shape index (κ2) is 7.25. The highest BCUT2D eigenvalue weighted by atomic mass is 16.5. The third kappa shape index (κ3) is 3.93.